The average Bonchev–Trinajstić information content (AvgIpc) is 2.70. The van der Waals surface area contributed by atoms with Gasteiger partial charge in [0.1, 0.15) is 0 Å². The van der Waals surface area contributed by atoms with Crippen LogP contribution in [0.3, 0.4) is 0 Å². The molecule has 1 aliphatic carbocycles. The Hall–Kier alpha value is -0.810. The lowest BCUT2D eigenvalue weighted by atomic mass is 10.0. The number of rotatable bonds is 1. The topological polar surface area (TPSA) is 91.2 Å². The van der Waals surface area contributed by atoms with E-state index in [1.165, 1.54) is 122 Å². The quantitative estimate of drug-likeness (QED) is 0.401. The normalized spacial score (nSPS) is 23.5. The fourth-order valence-corrected chi connectivity index (χ4v) is 4.18. The van der Waals surface area contributed by atoms with E-state index in [0.717, 1.165) is 6.04 Å². The lowest BCUT2D eigenvalue weighted by Gasteiger charge is -2.32. The highest BCUT2D eigenvalue weighted by Gasteiger charge is 2.18. The summed E-state index contributed by atoms with van der Waals surface area (Å²) in [5.41, 5.74) is 12.8. The maximum Gasteiger partial charge on any atom is 0.183 e. The Morgan fingerprint density at radius 2 is 1.04 bits per heavy atom. The largest absolute Gasteiger partial charge is 0.370 e. The second-order valence-corrected chi connectivity index (χ2v) is 8.09. The predicted molar refractivity (Wildman–Crippen MR) is 113 cm³/mol. The molecule has 1 saturated carbocycles. The summed E-state index contributed by atoms with van der Waals surface area (Å²) >= 11 is 0. The summed E-state index contributed by atoms with van der Waals surface area (Å²) in [6, 6.07) is 0.804. The zero-order valence-corrected chi connectivity index (χ0v) is 17.1. The van der Waals surface area contributed by atoms with Crippen molar-refractivity contribution in [1.82, 2.24) is 10.4 Å². The molecule has 0 aromatic rings. The molecule has 26 heavy (non-hydrogen) atoms. The molecule has 1 aliphatic heterocycles. The Morgan fingerprint density at radius 3 is 1.54 bits per heavy atom. The smallest absolute Gasteiger partial charge is 0.183 e. The van der Waals surface area contributed by atoms with Gasteiger partial charge in [-0.05, 0) is 25.7 Å². The van der Waals surface area contributed by atoms with Gasteiger partial charge in [-0.25, -0.2) is 5.01 Å². The molecule has 1 saturated heterocycles. The highest BCUT2D eigenvalue weighted by molar-refractivity contribution is 5.71. The minimum Gasteiger partial charge on any atom is -0.370 e. The van der Waals surface area contributed by atoms with Crippen molar-refractivity contribution >= 4 is 5.96 Å². The van der Waals surface area contributed by atoms with Crippen LogP contribution in [0.2, 0.25) is 0 Å². The van der Waals surface area contributed by atoms with Gasteiger partial charge >= 0.3 is 0 Å². The van der Waals surface area contributed by atoms with Crippen molar-refractivity contribution < 1.29 is 0 Å². The Balaban J connectivity index is 0.000000765. The van der Waals surface area contributed by atoms with Gasteiger partial charge in [-0.3, -0.25) is 10.8 Å². The van der Waals surface area contributed by atoms with E-state index in [2.05, 4.69) is 21.9 Å². The summed E-state index contributed by atoms with van der Waals surface area (Å²) in [5, 5.41) is 8.73. The molecule has 2 rings (SSSR count). The van der Waals surface area contributed by atoms with E-state index in [4.69, 9.17) is 5.41 Å². The van der Waals surface area contributed by atoms with Crippen LogP contribution in [0, 0.1) is 5.41 Å². The van der Waals surface area contributed by atoms with E-state index in [-0.39, 0.29) is 5.96 Å². The predicted octanol–water partition coefficient (Wildman–Crippen LogP) is 4.66. The summed E-state index contributed by atoms with van der Waals surface area (Å²) in [7, 11) is 0. The number of hydrogen-bond acceptors (Lipinski definition) is 3. The van der Waals surface area contributed by atoms with E-state index in [9.17, 15) is 0 Å². The van der Waals surface area contributed by atoms with E-state index < -0.39 is 0 Å². The maximum atomic E-state index is 6.06. The second kappa shape index (κ2) is 16.4. The summed E-state index contributed by atoms with van der Waals surface area (Å²) in [6.45, 7) is 2.49. The van der Waals surface area contributed by atoms with Crippen LogP contribution < -0.4 is 16.9 Å². The van der Waals surface area contributed by atoms with Crippen LogP contribution in [0.25, 0.3) is 0 Å². The number of hydrogen-bond donors (Lipinski definition) is 4. The van der Waals surface area contributed by atoms with Gasteiger partial charge in [0.05, 0.1) is 0 Å². The summed E-state index contributed by atoms with van der Waals surface area (Å²) in [5.74, 6) is -0.333. The highest BCUT2D eigenvalue weighted by atomic mass is 15.5. The monoisotopic (exact) mass is 367 g/mol. The van der Waals surface area contributed by atoms with Crippen molar-refractivity contribution in [2.75, 3.05) is 13.1 Å². The molecule has 5 heteroatoms. The molecule has 0 atom stereocenters. The molecule has 2 aliphatic rings. The van der Waals surface area contributed by atoms with Gasteiger partial charge in [0, 0.05) is 19.1 Å². The van der Waals surface area contributed by atoms with Gasteiger partial charge in [0.2, 0.25) is 0 Å². The second-order valence-electron chi connectivity index (χ2n) is 8.09. The van der Waals surface area contributed by atoms with Gasteiger partial charge in [0.15, 0.2) is 5.96 Å². The van der Waals surface area contributed by atoms with Crippen LogP contribution in [0.15, 0.2) is 0 Å². The van der Waals surface area contributed by atoms with Gasteiger partial charge in [-0.2, -0.15) is 0 Å². The third kappa shape index (κ3) is 13.4. The highest BCUT2D eigenvalue weighted by Crippen LogP contribution is 2.21. The number of guanidine groups is 1. The molecule has 0 spiro atoms. The molecule has 0 amide bonds. The molecular formula is C21H45N5. The molecule has 1 heterocycles. The molecule has 2 fully saturated rings. The van der Waals surface area contributed by atoms with Crippen LogP contribution >= 0.6 is 0 Å². The van der Waals surface area contributed by atoms with Gasteiger partial charge in [-0.1, -0.05) is 83.5 Å². The summed E-state index contributed by atoms with van der Waals surface area (Å²) < 4.78 is 0. The van der Waals surface area contributed by atoms with Crippen LogP contribution in [0.1, 0.15) is 109 Å². The minimum absolute atomic E-state index is 0.333. The number of nitrogens with zero attached hydrogens (tertiary/aromatic N) is 1. The van der Waals surface area contributed by atoms with Crippen molar-refractivity contribution in [3.8, 4) is 0 Å². The standard InChI is InChI=1S/C20H40N2.CH5N3/c1-2-5-9-13-17-20(16-12-8-4-1)22-19-15-11-7-3-6-10-14-18-21-22;2-1(3)4/h20-21H,1-19H2;(H5,2,3,4). The van der Waals surface area contributed by atoms with Crippen LogP contribution in [0.4, 0.5) is 0 Å². The first-order chi connectivity index (χ1) is 12.7. The van der Waals surface area contributed by atoms with Crippen LogP contribution in [-0.2, 0) is 0 Å². The SMILES string of the molecule is C1CCCCCC(N2CCCCCCCCCN2)CCCC1.N=C(N)N. The zero-order chi connectivity index (χ0) is 18.9. The summed E-state index contributed by atoms with van der Waals surface area (Å²) in [4.78, 5) is 0. The molecule has 0 unspecified atom stereocenters. The molecular weight excluding hydrogens is 322 g/mol. The fourth-order valence-electron chi connectivity index (χ4n) is 4.18. The van der Waals surface area contributed by atoms with Crippen LogP contribution in [0.5, 0.6) is 0 Å². The molecule has 0 aromatic carbocycles. The minimum atomic E-state index is -0.333. The van der Waals surface area contributed by atoms with E-state index in [1.54, 1.807) is 0 Å². The van der Waals surface area contributed by atoms with Crippen molar-refractivity contribution in [2.24, 2.45) is 11.5 Å². The lowest BCUT2D eigenvalue weighted by molar-refractivity contribution is 0.103. The van der Waals surface area contributed by atoms with Crippen LogP contribution in [-0.4, -0.2) is 30.1 Å². The number of hydrazine groups is 1. The van der Waals surface area contributed by atoms with Crippen molar-refractivity contribution in [1.29, 1.82) is 5.41 Å². The fraction of sp³-hybridized carbons (Fsp3) is 0.952. The third-order valence-electron chi connectivity index (χ3n) is 5.66. The molecule has 6 N–H and O–H groups in total. The van der Waals surface area contributed by atoms with Crippen molar-refractivity contribution in [3.05, 3.63) is 0 Å². The summed E-state index contributed by atoms with van der Waals surface area (Å²) in [6.07, 6.45) is 24.6. The van der Waals surface area contributed by atoms with E-state index in [1.807, 2.05) is 0 Å². The average molecular weight is 368 g/mol. The van der Waals surface area contributed by atoms with Crippen molar-refractivity contribution in [3.63, 3.8) is 0 Å². The third-order valence-corrected chi connectivity index (χ3v) is 5.66. The Labute approximate surface area is 162 Å². The molecule has 5 nitrogen and oxygen atoms in total. The Morgan fingerprint density at radius 1 is 0.654 bits per heavy atom. The maximum absolute atomic E-state index is 6.06. The van der Waals surface area contributed by atoms with Gasteiger partial charge in [-0.15, -0.1) is 0 Å². The first kappa shape index (κ1) is 23.2. The zero-order valence-electron chi connectivity index (χ0n) is 17.1. The van der Waals surface area contributed by atoms with E-state index >= 15 is 0 Å². The van der Waals surface area contributed by atoms with Gasteiger partial charge in [0.25, 0.3) is 0 Å². The lowest BCUT2D eigenvalue weighted by Crippen LogP contribution is -2.46. The molecule has 0 radical (unpaired) electrons. The molecule has 0 aromatic heterocycles. The molecule has 154 valence electrons. The number of nitrogens with two attached hydrogens (primary N) is 2. The van der Waals surface area contributed by atoms with Crippen molar-refractivity contribution in [2.45, 2.75) is 115 Å². The Bertz CT molecular complexity index is 280. The first-order valence-electron chi connectivity index (χ1n) is 11.3. The Kier molecular flexibility index (Phi) is 14.6. The number of nitrogens with one attached hydrogen (secondary N) is 2. The van der Waals surface area contributed by atoms with Gasteiger partial charge < -0.3 is 11.5 Å². The molecule has 0 bridgehead atoms. The first-order valence-corrected chi connectivity index (χ1v) is 11.3. The van der Waals surface area contributed by atoms with E-state index in [0.29, 0.717) is 0 Å².